The Morgan fingerprint density at radius 2 is 1.88 bits per heavy atom. The highest BCUT2D eigenvalue weighted by Crippen LogP contribution is 2.17. The third kappa shape index (κ3) is 2.31. The first-order chi connectivity index (χ1) is 8.10. The van der Waals surface area contributed by atoms with Crippen LogP contribution < -0.4 is 0 Å². The molecule has 1 heterocycles. The number of hydrogen-bond acceptors (Lipinski definition) is 3. The van der Waals surface area contributed by atoms with Gasteiger partial charge in [0.1, 0.15) is 5.82 Å². The monoisotopic (exact) mass is 232 g/mol. The minimum Gasteiger partial charge on any atom is -0.278 e. The molecule has 1 fully saturated rings. The van der Waals surface area contributed by atoms with Crippen molar-refractivity contribution in [2.75, 3.05) is 0 Å². The van der Waals surface area contributed by atoms with Crippen LogP contribution in [0.5, 0.6) is 0 Å². The summed E-state index contributed by atoms with van der Waals surface area (Å²) in [5, 5.41) is 8.69. The standard InChI is InChI=1S/C12H9FN2O2/c13-10-4-8(6-14)3-9(5-10)7-15-11(16)1-2-12(15)17/h3-5H,1-2,7H2. The van der Waals surface area contributed by atoms with Gasteiger partial charge in [0.15, 0.2) is 0 Å². The van der Waals surface area contributed by atoms with Crippen LogP contribution in [0, 0.1) is 17.1 Å². The molecule has 17 heavy (non-hydrogen) atoms. The average Bonchev–Trinajstić information content (AvgIpc) is 2.60. The van der Waals surface area contributed by atoms with Crippen LogP contribution in [0.4, 0.5) is 4.39 Å². The van der Waals surface area contributed by atoms with Crippen molar-refractivity contribution >= 4 is 11.8 Å². The number of hydrogen-bond donors (Lipinski definition) is 0. The Balaban J connectivity index is 2.24. The normalized spacial score (nSPS) is 15.2. The van der Waals surface area contributed by atoms with Gasteiger partial charge in [0.05, 0.1) is 18.2 Å². The molecule has 0 bridgehead atoms. The number of carbonyl (C=O) groups is 2. The highest BCUT2D eigenvalue weighted by atomic mass is 19.1. The summed E-state index contributed by atoms with van der Waals surface area (Å²) in [5.41, 5.74) is 0.629. The average molecular weight is 232 g/mol. The molecule has 2 rings (SSSR count). The first-order valence-electron chi connectivity index (χ1n) is 5.13. The zero-order valence-corrected chi connectivity index (χ0v) is 8.94. The lowest BCUT2D eigenvalue weighted by atomic mass is 10.1. The maximum absolute atomic E-state index is 13.1. The number of benzene rings is 1. The van der Waals surface area contributed by atoms with Crippen LogP contribution in [0.2, 0.25) is 0 Å². The molecule has 1 aromatic rings. The maximum atomic E-state index is 13.1. The van der Waals surface area contributed by atoms with Gasteiger partial charge in [0, 0.05) is 12.8 Å². The number of carbonyl (C=O) groups excluding carboxylic acids is 2. The number of halogens is 1. The second kappa shape index (κ2) is 4.34. The summed E-state index contributed by atoms with van der Waals surface area (Å²) >= 11 is 0. The van der Waals surface area contributed by atoms with Crippen molar-refractivity contribution in [2.24, 2.45) is 0 Å². The van der Waals surface area contributed by atoms with E-state index in [2.05, 4.69) is 0 Å². The number of nitriles is 1. The van der Waals surface area contributed by atoms with Crippen LogP contribution in [-0.2, 0) is 16.1 Å². The van der Waals surface area contributed by atoms with Crippen LogP contribution in [0.25, 0.3) is 0 Å². The number of imide groups is 1. The van der Waals surface area contributed by atoms with E-state index in [1.165, 1.54) is 12.1 Å². The minimum atomic E-state index is -0.543. The molecule has 0 unspecified atom stereocenters. The minimum absolute atomic E-state index is 0.0319. The zero-order chi connectivity index (χ0) is 12.4. The molecule has 0 atom stereocenters. The number of rotatable bonds is 2. The molecule has 0 saturated carbocycles. The quantitative estimate of drug-likeness (QED) is 0.723. The first-order valence-corrected chi connectivity index (χ1v) is 5.13. The Labute approximate surface area is 97.3 Å². The number of amides is 2. The van der Waals surface area contributed by atoms with Gasteiger partial charge in [-0.05, 0) is 23.8 Å². The largest absolute Gasteiger partial charge is 0.278 e. The van der Waals surface area contributed by atoms with E-state index >= 15 is 0 Å². The fraction of sp³-hybridized carbons (Fsp3) is 0.250. The Kier molecular flexibility index (Phi) is 2.88. The molecule has 2 amide bonds. The van der Waals surface area contributed by atoms with E-state index in [1.807, 2.05) is 6.07 Å². The Morgan fingerprint density at radius 3 is 2.47 bits per heavy atom. The first kappa shape index (κ1) is 11.3. The predicted octanol–water partition coefficient (Wildman–Crippen LogP) is 1.35. The van der Waals surface area contributed by atoms with Gasteiger partial charge in [-0.2, -0.15) is 5.26 Å². The molecule has 1 saturated heterocycles. The van der Waals surface area contributed by atoms with Crippen molar-refractivity contribution in [1.29, 1.82) is 5.26 Å². The Morgan fingerprint density at radius 1 is 1.24 bits per heavy atom. The van der Waals surface area contributed by atoms with Crippen molar-refractivity contribution in [3.63, 3.8) is 0 Å². The van der Waals surface area contributed by atoms with E-state index in [0.29, 0.717) is 5.56 Å². The molecule has 1 aliphatic heterocycles. The molecule has 0 N–H and O–H groups in total. The van der Waals surface area contributed by atoms with Crippen molar-refractivity contribution in [1.82, 2.24) is 4.90 Å². The summed E-state index contributed by atoms with van der Waals surface area (Å²) < 4.78 is 13.1. The lowest BCUT2D eigenvalue weighted by Gasteiger charge is -2.13. The van der Waals surface area contributed by atoms with Crippen LogP contribution in [0.3, 0.4) is 0 Å². The highest BCUT2D eigenvalue weighted by Gasteiger charge is 2.28. The predicted molar refractivity (Wildman–Crippen MR) is 55.9 cm³/mol. The second-order valence-electron chi connectivity index (χ2n) is 3.83. The lowest BCUT2D eigenvalue weighted by Crippen LogP contribution is -2.28. The molecule has 1 aromatic carbocycles. The van der Waals surface area contributed by atoms with Gasteiger partial charge in [0.2, 0.25) is 11.8 Å². The summed E-state index contributed by atoms with van der Waals surface area (Å²) in [4.78, 5) is 23.8. The summed E-state index contributed by atoms with van der Waals surface area (Å²) in [6.45, 7) is 0.0319. The summed E-state index contributed by atoms with van der Waals surface area (Å²) in [7, 11) is 0. The van der Waals surface area contributed by atoms with Crippen molar-refractivity contribution in [3.8, 4) is 6.07 Å². The summed E-state index contributed by atoms with van der Waals surface area (Å²) in [5.74, 6) is -1.05. The van der Waals surface area contributed by atoms with Gasteiger partial charge in [-0.15, -0.1) is 0 Å². The molecule has 0 radical (unpaired) electrons. The Hall–Kier alpha value is -2.22. The lowest BCUT2D eigenvalue weighted by molar-refractivity contribution is -0.139. The molecule has 0 spiro atoms. The van der Waals surface area contributed by atoms with E-state index in [9.17, 15) is 14.0 Å². The fourth-order valence-corrected chi connectivity index (χ4v) is 1.79. The molecular formula is C12H9FN2O2. The van der Waals surface area contributed by atoms with Gasteiger partial charge >= 0.3 is 0 Å². The molecular weight excluding hydrogens is 223 g/mol. The topological polar surface area (TPSA) is 61.2 Å². The van der Waals surface area contributed by atoms with Gasteiger partial charge in [-0.3, -0.25) is 14.5 Å². The third-order valence-corrected chi connectivity index (χ3v) is 2.58. The molecule has 0 aliphatic carbocycles. The SMILES string of the molecule is N#Cc1cc(F)cc(CN2C(=O)CCC2=O)c1. The summed E-state index contributed by atoms with van der Waals surface area (Å²) in [6.07, 6.45) is 0.415. The molecule has 1 aliphatic rings. The van der Waals surface area contributed by atoms with Crippen LogP contribution in [-0.4, -0.2) is 16.7 Å². The van der Waals surface area contributed by atoms with Gasteiger partial charge in [-0.25, -0.2) is 4.39 Å². The van der Waals surface area contributed by atoms with Crippen molar-refractivity contribution < 1.29 is 14.0 Å². The molecule has 4 nitrogen and oxygen atoms in total. The maximum Gasteiger partial charge on any atom is 0.229 e. The van der Waals surface area contributed by atoms with Gasteiger partial charge < -0.3 is 0 Å². The van der Waals surface area contributed by atoms with Crippen molar-refractivity contribution in [2.45, 2.75) is 19.4 Å². The van der Waals surface area contributed by atoms with E-state index in [1.54, 1.807) is 0 Å². The van der Waals surface area contributed by atoms with E-state index in [4.69, 9.17) is 5.26 Å². The molecule has 86 valence electrons. The Bertz CT molecular complexity index is 518. The van der Waals surface area contributed by atoms with Crippen molar-refractivity contribution in [3.05, 3.63) is 35.1 Å². The van der Waals surface area contributed by atoms with E-state index < -0.39 is 5.82 Å². The second-order valence-corrected chi connectivity index (χ2v) is 3.83. The zero-order valence-electron chi connectivity index (χ0n) is 8.94. The van der Waals surface area contributed by atoms with Gasteiger partial charge in [-0.1, -0.05) is 0 Å². The highest BCUT2D eigenvalue weighted by molar-refractivity contribution is 6.01. The fourth-order valence-electron chi connectivity index (χ4n) is 1.79. The van der Waals surface area contributed by atoms with Gasteiger partial charge in [0.25, 0.3) is 0 Å². The number of nitrogens with zero attached hydrogens (tertiary/aromatic N) is 2. The molecule has 0 aromatic heterocycles. The van der Waals surface area contributed by atoms with Crippen LogP contribution in [0.1, 0.15) is 24.0 Å². The number of likely N-dealkylation sites (tertiary alicyclic amines) is 1. The van der Waals surface area contributed by atoms with Crippen LogP contribution in [0.15, 0.2) is 18.2 Å². The van der Waals surface area contributed by atoms with Crippen LogP contribution >= 0.6 is 0 Å². The third-order valence-electron chi connectivity index (χ3n) is 2.58. The van der Waals surface area contributed by atoms with E-state index in [-0.39, 0.29) is 36.8 Å². The smallest absolute Gasteiger partial charge is 0.229 e. The van der Waals surface area contributed by atoms with E-state index in [0.717, 1.165) is 11.0 Å². The summed E-state index contributed by atoms with van der Waals surface area (Å²) in [6, 6.07) is 5.63. The molecule has 5 heteroatoms.